The largest absolute Gasteiger partial charge is 0.480 e. The minimum Gasteiger partial charge on any atom is -0.480 e. The number of thiol groups is 1. The lowest BCUT2D eigenvalue weighted by molar-refractivity contribution is -0.142. The minimum atomic E-state index is -1.23. The summed E-state index contributed by atoms with van der Waals surface area (Å²) in [5.41, 5.74) is 6.47. The second-order valence-corrected chi connectivity index (χ2v) is 8.90. The van der Waals surface area contributed by atoms with Crippen molar-refractivity contribution >= 4 is 36.3 Å². The Morgan fingerprint density at radius 1 is 1.09 bits per heavy atom. The Labute approximate surface area is 199 Å². The summed E-state index contributed by atoms with van der Waals surface area (Å²) in [5.74, 6) is -3.02. The fourth-order valence-corrected chi connectivity index (χ4v) is 3.38. The summed E-state index contributed by atoms with van der Waals surface area (Å²) in [6.45, 7) is 7.57. The van der Waals surface area contributed by atoms with Crippen LogP contribution < -0.4 is 21.7 Å². The van der Waals surface area contributed by atoms with Gasteiger partial charge in [0.05, 0.1) is 12.4 Å². The van der Waals surface area contributed by atoms with E-state index in [-0.39, 0.29) is 24.0 Å². The Balaban J connectivity index is 2.86. The Kier molecular flexibility index (Phi) is 11.9. The van der Waals surface area contributed by atoms with E-state index in [0.29, 0.717) is 18.5 Å². The van der Waals surface area contributed by atoms with E-state index in [1.165, 1.54) is 12.5 Å². The van der Waals surface area contributed by atoms with Crippen LogP contribution in [0.3, 0.4) is 0 Å². The summed E-state index contributed by atoms with van der Waals surface area (Å²) in [6.07, 6.45) is 3.93. The molecule has 0 aliphatic heterocycles. The third kappa shape index (κ3) is 9.42. The van der Waals surface area contributed by atoms with Crippen molar-refractivity contribution in [1.29, 1.82) is 0 Å². The number of nitrogens with zero attached hydrogens (tertiary/aromatic N) is 1. The van der Waals surface area contributed by atoms with E-state index in [4.69, 9.17) is 5.73 Å². The molecular weight excluding hydrogens is 448 g/mol. The molecule has 1 heterocycles. The van der Waals surface area contributed by atoms with Crippen molar-refractivity contribution in [2.75, 3.05) is 5.75 Å². The first kappa shape index (κ1) is 28.4. The fourth-order valence-electron chi connectivity index (χ4n) is 3.12. The highest BCUT2D eigenvalue weighted by atomic mass is 32.1. The minimum absolute atomic E-state index is 0.00635. The molecule has 186 valence electrons. The van der Waals surface area contributed by atoms with E-state index >= 15 is 0 Å². The highest BCUT2D eigenvalue weighted by Crippen LogP contribution is 2.10. The van der Waals surface area contributed by atoms with Gasteiger partial charge in [-0.1, -0.05) is 34.1 Å². The van der Waals surface area contributed by atoms with Gasteiger partial charge in [-0.25, -0.2) is 9.78 Å². The zero-order chi connectivity index (χ0) is 25.1. The normalized spacial score (nSPS) is 15.7. The number of carbonyl (C=O) groups is 4. The Hall–Kier alpha value is -2.60. The second kappa shape index (κ2) is 13.8. The van der Waals surface area contributed by atoms with E-state index in [2.05, 4.69) is 38.5 Å². The molecule has 7 N–H and O–H groups in total. The SMILES string of the molecule is CCC(C)C(NC(=O)C(N)CC(C)C)C(=O)NC(CS)C(=O)NC(Cc1cnc[nH]1)C(=O)O. The summed E-state index contributed by atoms with van der Waals surface area (Å²) < 4.78 is 0. The Morgan fingerprint density at radius 3 is 2.21 bits per heavy atom. The smallest absolute Gasteiger partial charge is 0.326 e. The van der Waals surface area contributed by atoms with Gasteiger partial charge >= 0.3 is 5.97 Å². The van der Waals surface area contributed by atoms with E-state index in [1.807, 2.05) is 20.8 Å². The lowest BCUT2D eigenvalue weighted by Crippen LogP contribution is -2.59. The van der Waals surface area contributed by atoms with Crippen LogP contribution in [0.15, 0.2) is 12.5 Å². The van der Waals surface area contributed by atoms with Crippen molar-refractivity contribution in [2.45, 2.75) is 71.1 Å². The van der Waals surface area contributed by atoms with Gasteiger partial charge in [-0.15, -0.1) is 0 Å². The van der Waals surface area contributed by atoms with Gasteiger partial charge in [0, 0.05) is 24.1 Å². The number of carbonyl (C=O) groups excluding carboxylic acids is 3. The summed E-state index contributed by atoms with van der Waals surface area (Å²) >= 11 is 4.13. The molecule has 0 saturated carbocycles. The van der Waals surface area contributed by atoms with Crippen LogP contribution in [0.2, 0.25) is 0 Å². The van der Waals surface area contributed by atoms with Crippen molar-refractivity contribution < 1.29 is 24.3 Å². The Bertz CT molecular complexity index is 788. The molecule has 0 aliphatic rings. The van der Waals surface area contributed by atoms with Crippen LogP contribution in [0.1, 0.15) is 46.2 Å². The molecule has 12 heteroatoms. The average molecular weight is 485 g/mol. The first-order chi connectivity index (χ1) is 15.5. The summed E-state index contributed by atoms with van der Waals surface area (Å²) in [5, 5.41) is 17.1. The van der Waals surface area contributed by atoms with Crippen LogP contribution in [-0.2, 0) is 25.6 Å². The van der Waals surface area contributed by atoms with E-state index in [0.717, 1.165) is 0 Å². The molecule has 1 aromatic rings. The molecule has 5 atom stereocenters. The highest BCUT2D eigenvalue weighted by molar-refractivity contribution is 7.80. The van der Waals surface area contributed by atoms with Crippen molar-refractivity contribution in [3.63, 3.8) is 0 Å². The van der Waals surface area contributed by atoms with E-state index in [1.54, 1.807) is 6.92 Å². The molecule has 33 heavy (non-hydrogen) atoms. The van der Waals surface area contributed by atoms with Gasteiger partial charge in [-0.2, -0.15) is 12.6 Å². The predicted molar refractivity (Wildman–Crippen MR) is 126 cm³/mol. The maximum absolute atomic E-state index is 13.0. The van der Waals surface area contributed by atoms with Crippen molar-refractivity contribution in [1.82, 2.24) is 25.9 Å². The van der Waals surface area contributed by atoms with Crippen LogP contribution >= 0.6 is 12.6 Å². The number of carboxylic acids is 1. The molecule has 1 aromatic heterocycles. The lowest BCUT2D eigenvalue weighted by Gasteiger charge is -2.27. The highest BCUT2D eigenvalue weighted by Gasteiger charge is 2.32. The molecule has 0 spiro atoms. The monoisotopic (exact) mass is 484 g/mol. The van der Waals surface area contributed by atoms with E-state index < -0.39 is 47.9 Å². The molecule has 0 saturated heterocycles. The third-order valence-corrected chi connectivity index (χ3v) is 5.63. The van der Waals surface area contributed by atoms with Crippen LogP contribution in [0.4, 0.5) is 0 Å². The topological polar surface area (TPSA) is 179 Å². The first-order valence-electron chi connectivity index (χ1n) is 11.0. The fraction of sp³-hybridized carbons (Fsp3) is 0.667. The number of amides is 3. The number of hydrogen-bond acceptors (Lipinski definition) is 7. The molecule has 11 nitrogen and oxygen atoms in total. The van der Waals surface area contributed by atoms with Crippen LogP contribution in [0.5, 0.6) is 0 Å². The van der Waals surface area contributed by atoms with Crippen molar-refractivity contribution in [2.24, 2.45) is 17.6 Å². The van der Waals surface area contributed by atoms with Gasteiger partial charge in [0.25, 0.3) is 0 Å². The van der Waals surface area contributed by atoms with Crippen LogP contribution in [-0.4, -0.2) is 68.7 Å². The molecule has 1 rings (SSSR count). The predicted octanol–water partition coefficient (Wildman–Crippen LogP) is -0.159. The van der Waals surface area contributed by atoms with E-state index in [9.17, 15) is 24.3 Å². The number of nitrogens with two attached hydrogens (primary N) is 1. The number of aromatic amines is 1. The number of imidazole rings is 1. The maximum Gasteiger partial charge on any atom is 0.326 e. The van der Waals surface area contributed by atoms with Crippen LogP contribution in [0, 0.1) is 11.8 Å². The van der Waals surface area contributed by atoms with Gasteiger partial charge in [0.2, 0.25) is 17.7 Å². The van der Waals surface area contributed by atoms with Gasteiger partial charge in [-0.05, 0) is 18.3 Å². The zero-order valence-electron chi connectivity index (χ0n) is 19.5. The number of hydrogen-bond donors (Lipinski definition) is 7. The van der Waals surface area contributed by atoms with Gasteiger partial charge < -0.3 is 31.8 Å². The Morgan fingerprint density at radius 2 is 1.73 bits per heavy atom. The summed E-state index contributed by atoms with van der Waals surface area (Å²) in [7, 11) is 0. The van der Waals surface area contributed by atoms with Gasteiger partial charge in [0.15, 0.2) is 0 Å². The lowest BCUT2D eigenvalue weighted by atomic mass is 9.96. The molecule has 0 aliphatic carbocycles. The van der Waals surface area contributed by atoms with Crippen LogP contribution in [0.25, 0.3) is 0 Å². The summed E-state index contributed by atoms with van der Waals surface area (Å²) in [4.78, 5) is 56.3. The van der Waals surface area contributed by atoms with Gasteiger partial charge in [0.1, 0.15) is 18.1 Å². The molecule has 5 unspecified atom stereocenters. The molecule has 0 radical (unpaired) electrons. The molecule has 3 amide bonds. The van der Waals surface area contributed by atoms with Crippen molar-refractivity contribution in [3.05, 3.63) is 18.2 Å². The molecular formula is C21H36N6O5S. The quantitative estimate of drug-likeness (QED) is 0.179. The number of nitrogens with one attached hydrogen (secondary N) is 4. The number of carboxylic acid groups (broad SMARTS) is 1. The average Bonchev–Trinajstić information content (AvgIpc) is 3.26. The number of aliphatic carboxylic acids is 1. The third-order valence-electron chi connectivity index (χ3n) is 5.26. The second-order valence-electron chi connectivity index (χ2n) is 8.53. The molecule has 0 bridgehead atoms. The molecule has 0 aromatic carbocycles. The zero-order valence-corrected chi connectivity index (χ0v) is 20.4. The number of rotatable bonds is 14. The number of H-pyrrole nitrogens is 1. The van der Waals surface area contributed by atoms with Crippen molar-refractivity contribution in [3.8, 4) is 0 Å². The number of aromatic nitrogens is 2. The van der Waals surface area contributed by atoms with Gasteiger partial charge in [-0.3, -0.25) is 14.4 Å². The maximum atomic E-state index is 13.0. The molecule has 0 fully saturated rings. The first-order valence-corrected chi connectivity index (χ1v) is 11.6. The summed E-state index contributed by atoms with van der Waals surface area (Å²) in [6, 6.07) is -3.99. The standard InChI is InChI=1S/C21H36N6O5S/c1-5-12(4)17(27-18(28)14(22)6-11(2)3)20(30)26-16(9-33)19(29)25-15(21(31)32)7-13-8-23-10-24-13/h8,10-12,14-17,33H,5-7,9,22H2,1-4H3,(H,23,24)(H,25,29)(H,26,30)(H,27,28)(H,31,32).